The maximum absolute atomic E-state index is 12.1. The zero-order valence-corrected chi connectivity index (χ0v) is 19.9. The molecule has 0 aliphatic carbocycles. The molecule has 0 fully saturated rings. The van der Waals surface area contributed by atoms with Crippen LogP contribution >= 0.6 is 0 Å². The van der Waals surface area contributed by atoms with Crippen molar-refractivity contribution in [2.24, 2.45) is 5.41 Å². The van der Waals surface area contributed by atoms with Crippen molar-refractivity contribution in [3.05, 3.63) is 65.4 Å². The van der Waals surface area contributed by atoms with Crippen molar-refractivity contribution in [3.8, 4) is 17.9 Å². The highest BCUT2D eigenvalue weighted by atomic mass is 16.7. The summed E-state index contributed by atoms with van der Waals surface area (Å²) in [7, 11) is 1.77. The van der Waals surface area contributed by atoms with Gasteiger partial charge in [-0.2, -0.15) is 5.26 Å². The van der Waals surface area contributed by atoms with Crippen molar-refractivity contribution in [3.63, 3.8) is 0 Å². The largest absolute Gasteiger partial charge is 0.374 e. The van der Waals surface area contributed by atoms with Gasteiger partial charge in [0.1, 0.15) is 0 Å². The second kappa shape index (κ2) is 10.3. The maximum atomic E-state index is 12.1. The van der Waals surface area contributed by atoms with Crippen LogP contribution in [0.3, 0.4) is 0 Å². The molecule has 2 aromatic carbocycles. The van der Waals surface area contributed by atoms with Crippen LogP contribution in [0.2, 0.25) is 0 Å². The van der Waals surface area contributed by atoms with E-state index >= 15 is 0 Å². The van der Waals surface area contributed by atoms with E-state index in [-0.39, 0.29) is 5.97 Å². The summed E-state index contributed by atoms with van der Waals surface area (Å²) in [5.74, 6) is 6.20. The highest BCUT2D eigenvalue weighted by Crippen LogP contribution is 2.22. The van der Waals surface area contributed by atoms with Crippen LogP contribution in [-0.4, -0.2) is 29.2 Å². The zero-order valence-electron chi connectivity index (χ0n) is 19.9. The molecule has 6 nitrogen and oxygen atoms in total. The molecule has 0 aliphatic rings. The predicted octanol–water partition coefficient (Wildman–Crippen LogP) is 4.93. The Bertz CT molecular complexity index is 1230. The zero-order chi connectivity index (χ0) is 24.0. The van der Waals surface area contributed by atoms with Gasteiger partial charge in [0.25, 0.3) is 0 Å². The van der Waals surface area contributed by atoms with Gasteiger partial charge in [0.15, 0.2) is 0 Å². The van der Waals surface area contributed by atoms with Crippen LogP contribution in [0.25, 0.3) is 10.9 Å². The lowest BCUT2D eigenvalue weighted by molar-refractivity contribution is -0.196. The van der Waals surface area contributed by atoms with E-state index in [1.807, 2.05) is 32.9 Å². The van der Waals surface area contributed by atoms with E-state index in [9.17, 15) is 4.79 Å². The quantitative estimate of drug-likeness (QED) is 0.433. The summed E-state index contributed by atoms with van der Waals surface area (Å²) < 4.78 is 2.19. The molecule has 33 heavy (non-hydrogen) atoms. The van der Waals surface area contributed by atoms with Gasteiger partial charge >= 0.3 is 5.97 Å². The van der Waals surface area contributed by atoms with E-state index in [2.05, 4.69) is 59.0 Å². The molecule has 0 unspecified atom stereocenters. The van der Waals surface area contributed by atoms with Crippen molar-refractivity contribution in [2.75, 3.05) is 18.9 Å². The van der Waals surface area contributed by atoms with Crippen molar-refractivity contribution in [1.29, 1.82) is 5.26 Å². The third-order valence-electron chi connectivity index (χ3n) is 5.15. The van der Waals surface area contributed by atoms with E-state index in [0.29, 0.717) is 18.7 Å². The van der Waals surface area contributed by atoms with Crippen molar-refractivity contribution < 1.29 is 9.63 Å². The van der Waals surface area contributed by atoms with Gasteiger partial charge in [0.05, 0.1) is 35.8 Å². The van der Waals surface area contributed by atoms with E-state index in [1.54, 1.807) is 24.2 Å². The van der Waals surface area contributed by atoms with Gasteiger partial charge in [0.2, 0.25) is 0 Å². The lowest BCUT2D eigenvalue weighted by atomic mass is 9.98. The Kier molecular flexibility index (Phi) is 7.43. The molecule has 0 atom stereocenters. The fourth-order valence-electron chi connectivity index (χ4n) is 3.37. The molecule has 0 aliphatic heterocycles. The van der Waals surface area contributed by atoms with Gasteiger partial charge in [-0.25, -0.2) is 4.79 Å². The number of hydrogen-bond acceptors (Lipinski definition) is 5. The van der Waals surface area contributed by atoms with Gasteiger partial charge in [0, 0.05) is 30.2 Å². The molecule has 6 heteroatoms. The summed E-state index contributed by atoms with van der Waals surface area (Å²) in [6, 6.07) is 17.8. The van der Waals surface area contributed by atoms with Crippen LogP contribution in [-0.2, 0) is 22.7 Å². The highest BCUT2D eigenvalue weighted by molar-refractivity contribution is 5.83. The summed E-state index contributed by atoms with van der Waals surface area (Å²) in [6.07, 6.45) is 0. The van der Waals surface area contributed by atoms with Crippen LogP contribution < -0.4 is 5.32 Å². The minimum absolute atomic E-state index is 0.254. The minimum Gasteiger partial charge on any atom is -0.374 e. The minimum atomic E-state index is -0.543. The molecule has 0 saturated heterocycles. The van der Waals surface area contributed by atoms with Crippen LogP contribution in [0.15, 0.2) is 48.5 Å². The number of aromatic nitrogens is 1. The Labute approximate surface area is 195 Å². The molecule has 170 valence electrons. The SMILES string of the molecule is CCn1c(C#CCNc2ccc(C#N)cc2)cc2cc(CN(C)OC(=O)C(C)(C)C)ccc21. The topological polar surface area (TPSA) is 70.3 Å². The van der Waals surface area contributed by atoms with E-state index in [1.165, 1.54) is 0 Å². The number of nitrogens with zero attached hydrogens (tertiary/aromatic N) is 3. The number of carbonyl (C=O) groups is 1. The summed E-state index contributed by atoms with van der Waals surface area (Å²) in [6.45, 7) is 9.45. The number of hydroxylamine groups is 2. The average molecular weight is 443 g/mol. The third kappa shape index (κ3) is 6.16. The molecular formula is C27H30N4O2. The van der Waals surface area contributed by atoms with Crippen LogP contribution in [0.4, 0.5) is 5.69 Å². The van der Waals surface area contributed by atoms with E-state index in [0.717, 1.165) is 34.4 Å². The summed E-state index contributed by atoms with van der Waals surface area (Å²) in [5, 5.41) is 14.8. The molecular weight excluding hydrogens is 412 g/mol. The van der Waals surface area contributed by atoms with Gasteiger partial charge in [-0.15, -0.1) is 5.06 Å². The fourth-order valence-corrected chi connectivity index (χ4v) is 3.37. The molecule has 3 rings (SSSR count). The van der Waals surface area contributed by atoms with Crippen molar-refractivity contribution in [2.45, 2.75) is 40.8 Å². The Balaban J connectivity index is 1.70. The maximum Gasteiger partial charge on any atom is 0.330 e. The molecule has 1 N–H and O–H groups in total. The lowest BCUT2D eigenvalue weighted by Crippen LogP contribution is -2.30. The molecule has 1 heterocycles. The number of carbonyl (C=O) groups excluding carboxylic acids is 1. The van der Waals surface area contributed by atoms with Gasteiger partial charge < -0.3 is 14.7 Å². The molecule has 0 saturated carbocycles. The summed E-state index contributed by atoms with van der Waals surface area (Å²) >= 11 is 0. The molecule has 1 aromatic heterocycles. The van der Waals surface area contributed by atoms with Crippen LogP contribution in [0.1, 0.15) is 44.5 Å². The number of aryl methyl sites for hydroxylation is 1. The summed E-state index contributed by atoms with van der Waals surface area (Å²) in [4.78, 5) is 17.5. The summed E-state index contributed by atoms with van der Waals surface area (Å²) in [5.41, 5.74) is 4.16. The molecule has 0 spiro atoms. The lowest BCUT2D eigenvalue weighted by Gasteiger charge is -2.22. The normalized spacial score (nSPS) is 11.1. The number of nitriles is 1. The van der Waals surface area contributed by atoms with Crippen LogP contribution in [0, 0.1) is 28.6 Å². The number of fused-ring (bicyclic) bond motifs is 1. The Morgan fingerprint density at radius 2 is 1.88 bits per heavy atom. The third-order valence-corrected chi connectivity index (χ3v) is 5.15. The Hall–Kier alpha value is -3.74. The first-order valence-corrected chi connectivity index (χ1v) is 11.0. The number of rotatable bonds is 6. The molecule has 3 aromatic rings. The Morgan fingerprint density at radius 3 is 2.52 bits per heavy atom. The fraction of sp³-hybridized carbons (Fsp3) is 0.333. The number of nitrogens with one attached hydrogen (secondary N) is 1. The average Bonchev–Trinajstić information content (AvgIpc) is 3.12. The first-order valence-electron chi connectivity index (χ1n) is 11.0. The standard InChI is InChI=1S/C27H30N4O2/c1-6-31-24(8-7-15-29-23-12-9-20(18-28)10-13-23)17-22-16-21(11-14-25(22)31)19-30(5)33-26(32)27(2,3)4/h9-14,16-17,29H,6,15,19H2,1-5H3. The molecule has 0 radical (unpaired) electrons. The monoisotopic (exact) mass is 442 g/mol. The number of hydrogen-bond donors (Lipinski definition) is 1. The molecule has 0 amide bonds. The Morgan fingerprint density at radius 1 is 1.15 bits per heavy atom. The van der Waals surface area contributed by atoms with Crippen LogP contribution in [0.5, 0.6) is 0 Å². The van der Waals surface area contributed by atoms with Crippen molar-refractivity contribution in [1.82, 2.24) is 9.63 Å². The van der Waals surface area contributed by atoms with Gasteiger partial charge in [-0.1, -0.05) is 12.0 Å². The first-order chi connectivity index (χ1) is 15.7. The number of anilines is 1. The second-order valence-electron chi connectivity index (χ2n) is 8.93. The number of benzene rings is 2. The molecule has 0 bridgehead atoms. The second-order valence-corrected chi connectivity index (χ2v) is 8.93. The van der Waals surface area contributed by atoms with E-state index in [4.69, 9.17) is 10.1 Å². The predicted molar refractivity (Wildman–Crippen MR) is 131 cm³/mol. The van der Waals surface area contributed by atoms with E-state index < -0.39 is 5.41 Å². The van der Waals surface area contributed by atoms with Crippen molar-refractivity contribution >= 4 is 22.6 Å². The first kappa shape index (κ1) is 23.9. The van der Waals surface area contributed by atoms with Gasteiger partial charge in [-0.3, -0.25) is 0 Å². The van der Waals surface area contributed by atoms with Gasteiger partial charge in [-0.05, 0) is 81.6 Å². The smallest absolute Gasteiger partial charge is 0.330 e. The highest BCUT2D eigenvalue weighted by Gasteiger charge is 2.25.